The van der Waals surface area contributed by atoms with Gasteiger partial charge in [0.05, 0.1) is 11.3 Å². The summed E-state index contributed by atoms with van der Waals surface area (Å²) in [6.45, 7) is 9.29. The van der Waals surface area contributed by atoms with Crippen molar-refractivity contribution in [2.45, 2.75) is 46.6 Å². The minimum absolute atomic E-state index is 0.0832. The third-order valence-corrected chi connectivity index (χ3v) is 4.05. The van der Waals surface area contributed by atoms with Gasteiger partial charge in [-0.1, -0.05) is 13.8 Å². The van der Waals surface area contributed by atoms with Crippen LogP contribution < -0.4 is 10.6 Å². The van der Waals surface area contributed by atoms with Gasteiger partial charge in [0.1, 0.15) is 5.84 Å². The second-order valence-electron chi connectivity index (χ2n) is 5.67. The SMILES string of the molecule is Cc1nnc(N2CCCC2C(C)C)c(C(=N)N)c1C. The minimum Gasteiger partial charge on any atom is -0.384 e. The van der Waals surface area contributed by atoms with Crippen LogP contribution in [0.4, 0.5) is 5.82 Å². The third-order valence-electron chi connectivity index (χ3n) is 4.05. The Morgan fingerprint density at radius 2 is 2.05 bits per heavy atom. The maximum Gasteiger partial charge on any atom is 0.162 e. The monoisotopic (exact) mass is 261 g/mol. The quantitative estimate of drug-likeness (QED) is 0.644. The van der Waals surface area contributed by atoms with Crippen molar-refractivity contribution in [3.63, 3.8) is 0 Å². The summed E-state index contributed by atoms with van der Waals surface area (Å²) in [6, 6.07) is 0.467. The van der Waals surface area contributed by atoms with Crippen LogP contribution in [0.25, 0.3) is 0 Å². The number of nitrogens with zero attached hydrogens (tertiary/aromatic N) is 3. The summed E-state index contributed by atoms with van der Waals surface area (Å²) >= 11 is 0. The Morgan fingerprint density at radius 1 is 1.37 bits per heavy atom. The van der Waals surface area contributed by atoms with E-state index in [2.05, 4.69) is 28.9 Å². The lowest BCUT2D eigenvalue weighted by Gasteiger charge is -2.30. The molecule has 2 heterocycles. The minimum atomic E-state index is 0.0832. The van der Waals surface area contributed by atoms with E-state index in [0.717, 1.165) is 35.6 Å². The van der Waals surface area contributed by atoms with E-state index in [-0.39, 0.29) is 5.84 Å². The van der Waals surface area contributed by atoms with Crippen LogP contribution in [0.15, 0.2) is 0 Å². The van der Waals surface area contributed by atoms with Crippen LogP contribution in [-0.4, -0.2) is 28.6 Å². The van der Waals surface area contributed by atoms with Crippen molar-refractivity contribution in [3.8, 4) is 0 Å². The number of nitrogen functional groups attached to an aromatic ring is 1. The van der Waals surface area contributed by atoms with Crippen LogP contribution in [-0.2, 0) is 0 Å². The molecule has 0 saturated carbocycles. The Hall–Kier alpha value is -1.65. The second kappa shape index (κ2) is 5.15. The summed E-state index contributed by atoms with van der Waals surface area (Å²) in [7, 11) is 0. The van der Waals surface area contributed by atoms with Crippen molar-refractivity contribution < 1.29 is 0 Å². The zero-order valence-electron chi connectivity index (χ0n) is 12.2. The van der Waals surface area contributed by atoms with Gasteiger partial charge in [-0.25, -0.2) is 0 Å². The van der Waals surface area contributed by atoms with Crippen LogP contribution in [0.3, 0.4) is 0 Å². The molecular formula is C14H23N5. The van der Waals surface area contributed by atoms with E-state index in [1.54, 1.807) is 0 Å². The zero-order chi connectivity index (χ0) is 14.2. The number of hydrogen-bond donors (Lipinski definition) is 2. The molecule has 1 fully saturated rings. The Bertz CT molecular complexity index is 495. The smallest absolute Gasteiger partial charge is 0.162 e. The number of amidine groups is 1. The molecule has 1 aliphatic heterocycles. The summed E-state index contributed by atoms with van der Waals surface area (Å²) in [6.07, 6.45) is 2.33. The molecule has 1 saturated heterocycles. The Balaban J connectivity index is 2.50. The molecule has 1 aromatic rings. The van der Waals surface area contributed by atoms with E-state index in [0.29, 0.717) is 12.0 Å². The van der Waals surface area contributed by atoms with Crippen LogP contribution in [0.2, 0.25) is 0 Å². The standard InChI is InChI=1S/C14H23N5/c1-8(2)11-6-5-7-19(11)14-12(13(15)16)9(3)10(4)17-18-14/h8,11H,5-7H2,1-4H3,(H3,15,16). The van der Waals surface area contributed by atoms with Gasteiger partial charge in [0.15, 0.2) is 5.82 Å². The lowest BCUT2D eigenvalue weighted by molar-refractivity contribution is 0.488. The summed E-state index contributed by atoms with van der Waals surface area (Å²) < 4.78 is 0. The first-order valence-electron chi connectivity index (χ1n) is 6.88. The lowest BCUT2D eigenvalue weighted by atomic mass is 10.0. The molecule has 3 N–H and O–H groups in total. The first kappa shape index (κ1) is 13.8. The van der Waals surface area contributed by atoms with Gasteiger partial charge in [0, 0.05) is 12.6 Å². The van der Waals surface area contributed by atoms with E-state index in [4.69, 9.17) is 11.1 Å². The van der Waals surface area contributed by atoms with Gasteiger partial charge in [0.25, 0.3) is 0 Å². The van der Waals surface area contributed by atoms with Gasteiger partial charge < -0.3 is 10.6 Å². The molecule has 0 radical (unpaired) electrons. The van der Waals surface area contributed by atoms with E-state index < -0.39 is 0 Å². The highest BCUT2D eigenvalue weighted by molar-refractivity contribution is 6.01. The van der Waals surface area contributed by atoms with E-state index in [1.165, 1.54) is 6.42 Å². The van der Waals surface area contributed by atoms with Gasteiger partial charge in [-0.15, -0.1) is 5.10 Å². The highest BCUT2D eigenvalue weighted by Crippen LogP contribution is 2.31. The fourth-order valence-corrected chi connectivity index (χ4v) is 2.87. The molecule has 19 heavy (non-hydrogen) atoms. The molecule has 5 nitrogen and oxygen atoms in total. The van der Waals surface area contributed by atoms with Crippen LogP contribution in [0, 0.1) is 25.2 Å². The third kappa shape index (κ3) is 2.41. The number of nitrogens with two attached hydrogens (primary N) is 1. The molecule has 104 valence electrons. The van der Waals surface area contributed by atoms with E-state index in [9.17, 15) is 0 Å². The normalized spacial score (nSPS) is 19.2. The molecule has 0 aliphatic carbocycles. The summed E-state index contributed by atoms with van der Waals surface area (Å²) in [5.74, 6) is 1.43. The van der Waals surface area contributed by atoms with Gasteiger partial charge in [-0.3, -0.25) is 5.41 Å². The number of rotatable bonds is 3. The van der Waals surface area contributed by atoms with E-state index in [1.807, 2.05) is 13.8 Å². The average Bonchev–Trinajstić information content (AvgIpc) is 2.80. The van der Waals surface area contributed by atoms with Crippen LogP contribution in [0.5, 0.6) is 0 Å². The Morgan fingerprint density at radius 3 is 2.63 bits per heavy atom. The fraction of sp³-hybridized carbons (Fsp3) is 0.643. The summed E-state index contributed by atoms with van der Waals surface area (Å²) in [5, 5.41) is 16.4. The predicted molar refractivity (Wildman–Crippen MR) is 77.7 cm³/mol. The maximum absolute atomic E-state index is 7.83. The molecule has 5 heteroatoms. The van der Waals surface area contributed by atoms with Crippen molar-refractivity contribution in [2.24, 2.45) is 11.7 Å². The average molecular weight is 261 g/mol. The van der Waals surface area contributed by atoms with Crippen molar-refractivity contribution in [2.75, 3.05) is 11.4 Å². The van der Waals surface area contributed by atoms with Crippen molar-refractivity contribution in [3.05, 3.63) is 16.8 Å². The summed E-state index contributed by atoms with van der Waals surface area (Å²) in [5.41, 5.74) is 8.32. The molecule has 2 rings (SSSR count). The number of aryl methyl sites for hydroxylation is 1. The predicted octanol–water partition coefficient (Wildman–Crippen LogP) is 2.00. The number of aromatic nitrogens is 2. The van der Waals surface area contributed by atoms with E-state index >= 15 is 0 Å². The van der Waals surface area contributed by atoms with Gasteiger partial charge in [-0.05, 0) is 38.2 Å². The highest BCUT2D eigenvalue weighted by Gasteiger charge is 2.31. The first-order chi connectivity index (χ1) is 8.93. The van der Waals surface area contributed by atoms with Crippen LogP contribution >= 0.6 is 0 Å². The Kier molecular flexibility index (Phi) is 3.73. The van der Waals surface area contributed by atoms with Crippen molar-refractivity contribution >= 4 is 11.7 Å². The summed E-state index contributed by atoms with van der Waals surface area (Å²) in [4.78, 5) is 2.28. The molecule has 1 aliphatic rings. The number of nitrogens with one attached hydrogen (secondary N) is 1. The first-order valence-corrected chi connectivity index (χ1v) is 6.88. The molecule has 1 atom stereocenters. The van der Waals surface area contributed by atoms with Gasteiger partial charge in [0.2, 0.25) is 0 Å². The largest absolute Gasteiger partial charge is 0.384 e. The molecule has 0 spiro atoms. The number of anilines is 1. The van der Waals surface area contributed by atoms with Crippen LogP contribution in [0.1, 0.15) is 43.5 Å². The molecule has 0 aromatic carbocycles. The Labute approximate surface area is 114 Å². The van der Waals surface area contributed by atoms with Gasteiger partial charge in [-0.2, -0.15) is 5.10 Å². The van der Waals surface area contributed by atoms with Crippen molar-refractivity contribution in [1.29, 1.82) is 5.41 Å². The zero-order valence-corrected chi connectivity index (χ0v) is 12.2. The molecule has 1 unspecified atom stereocenters. The molecule has 0 bridgehead atoms. The fourth-order valence-electron chi connectivity index (χ4n) is 2.87. The van der Waals surface area contributed by atoms with Gasteiger partial charge >= 0.3 is 0 Å². The highest BCUT2D eigenvalue weighted by atomic mass is 15.3. The maximum atomic E-state index is 7.83. The molecule has 0 amide bonds. The molecule has 1 aromatic heterocycles. The second-order valence-corrected chi connectivity index (χ2v) is 5.67. The topological polar surface area (TPSA) is 78.9 Å². The number of hydrogen-bond acceptors (Lipinski definition) is 4. The molecular weight excluding hydrogens is 238 g/mol. The lowest BCUT2D eigenvalue weighted by Crippen LogP contribution is -2.36. The van der Waals surface area contributed by atoms with Crippen molar-refractivity contribution in [1.82, 2.24) is 10.2 Å².